The van der Waals surface area contributed by atoms with E-state index >= 15 is 0 Å². The molecule has 2 unspecified atom stereocenters. The monoisotopic (exact) mass is 247 g/mol. The van der Waals surface area contributed by atoms with Crippen molar-refractivity contribution in [3.05, 3.63) is 12.3 Å². The first-order valence-electron chi connectivity index (χ1n) is 3.04. The van der Waals surface area contributed by atoms with Crippen LogP contribution in [-0.4, -0.2) is 27.5 Å². The molecule has 0 amide bonds. The zero-order chi connectivity index (χ0) is 6.97. The van der Waals surface area contributed by atoms with Gasteiger partial charge in [-0.2, -0.15) is 5.10 Å². The van der Waals surface area contributed by atoms with Crippen molar-refractivity contribution < 1.29 is 0 Å². The highest BCUT2D eigenvalue weighted by Gasteiger charge is 2.27. The Labute approximate surface area is 72.6 Å². The standard InChI is InChI=1S/C6H6IN3/c7-5-4-9-10-3-1-2-8-6(5)10/h1-6H. The van der Waals surface area contributed by atoms with Crippen molar-refractivity contribution in [1.82, 2.24) is 5.01 Å². The molecular weight excluding hydrogens is 241 g/mol. The summed E-state index contributed by atoms with van der Waals surface area (Å²) in [6.07, 6.45) is 7.78. The predicted octanol–water partition coefficient (Wildman–Crippen LogP) is 1.02. The van der Waals surface area contributed by atoms with Gasteiger partial charge in [0, 0.05) is 18.6 Å². The molecule has 3 nitrogen and oxygen atoms in total. The Morgan fingerprint density at radius 1 is 1.50 bits per heavy atom. The molecule has 0 saturated carbocycles. The third kappa shape index (κ3) is 0.865. The minimum atomic E-state index is 0.214. The number of allylic oxidation sites excluding steroid dienone is 1. The zero-order valence-corrected chi connectivity index (χ0v) is 7.34. The maximum absolute atomic E-state index is 4.25. The van der Waals surface area contributed by atoms with Crippen molar-refractivity contribution in [2.24, 2.45) is 10.1 Å². The van der Waals surface area contributed by atoms with Crippen LogP contribution in [0.3, 0.4) is 0 Å². The molecule has 2 rings (SSSR count). The largest absolute Gasteiger partial charge is 0.265 e. The van der Waals surface area contributed by atoms with Crippen molar-refractivity contribution in [3.8, 4) is 0 Å². The maximum atomic E-state index is 4.25. The summed E-state index contributed by atoms with van der Waals surface area (Å²) >= 11 is 2.33. The number of alkyl halides is 1. The van der Waals surface area contributed by atoms with Gasteiger partial charge in [-0.1, -0.05) is 22.6 Å². The Balaban J connectivity index is 2.26. The molecule has 0 saturated heterocycles. The second kappa shape index (κ2) is 2.34. The first kappa shape index (κ1) is 6.33. The lowest BCUT2D eigenvalue weighted by molar-refractivity contribution is 0.336. The van der Waals surface area contributed by atoms with Crippen LogP contribution in [0.25, 0.3) is 0 Å². The van der Waals surface area contributed by atoms with Crippen molar-refractivity contribution >= 4 is 35.0 Å². The highest BCUT2D eigenvalue weighted by atomic mass is 127. The van der Waals surface area contributed by atoms with E-state index in [0.29, 0.717) is 3.92 Å². The fourth-order valence-corrected chi connectivity index (χ4v) is 1.63. The zero-order valence-electron chi connectivity index (χ0n) is 5.18. The minimum Gasteiger partial charge on any atom is -0.265 e. The van der Waals surface area contributed by atoms with Gasteiger partial charge in [0.2, 0.25) is 0 Å². The third-order valence-electron chi connectivity index (χ3n) is 1.46. The smallest absolute Gasteiger partial charge is 0.158 e. The third-order valence-corrected chi connectivity index (χ3v) is 2.43. The first-order valence-corrected chi connectivity index (χ1v) is 4.29. The summed E-state index contributed by atoms with van der Waals surface area (Å²) in [5.74, 6) is 0. The molecule has 0 aromatic rings. The Kier molecular flexibility index (Phi) is 1.48. The van der Waals surface area contributed by atoms with Crippen LogP contribution in [-0.2, 0) is 0 Å². The van der Waals surface area contributed by atoms with Crippen molar-refractivity contribution in [2.75, 3.05) is 0 Å². The molecule has 0 radical (unpaired) electrons. The molecule has 0 aromatic carbocycles. The van der Waals surface area contributed by atoms with E-state index in [1.807, 2.05) is 29.7 Å². The quantitative estimate of drug-likeness (QED) is 0.464. The fourth-order valence-electron chi connectivity index (χ4n) is 0.974. The lowest BCUT2D eigenvalue weighted by Crippen LogP contribution is -2.28. The first-order chi connectivity index (χ1) is 4.88. The molecular formula is C6H6IN3. The average Bonchev–Trinajstić information content (AvgIpc) is 2.34. The van der Waals surface area contributed by atoms with E-state index in [0.717, 1.165) is 0 Å². The molecule has 0 fully saturated rings. The second-order valence-electron chi connectivity index (χ2n) is 2.14. The van der Waals surface area contributed by atoms with Crippen molar-refractivity contribution in [1.29, 1.82) is 0 Å². The number of halogens is 1. The summed E-state index contributed by atoms with van der Waals surface area (Å²) in [5.41, 5.74) is 0. The number of nitrogens with zero attached hydrogens (tertiary/aromatic N) is 3. The van der Waals surface area contributed by atoms with Crippen LogP contribution in [0.5, 0.6) is 0 Å². The molecule has 2 aliphatic heterocycles. The van der Waals surface area contributed by atoms with Crippen molar-refractivity contribution in [3.63, 3.8) is 0 Å². The Hall–Kier alpha value is -0.390. The average molecular weight is 247 g/mol. The minimum absolute atomic E-state index is 0.214. The highest BCUT2D eigenvalue weighted by Crippen LogP contribution is 2.21. The number of hydrogen-bond donors (Lipinski definition) is 0. The van der Waals surface area contributed by atoms with E-state index in [2.05, 4.69) is 32.7 Å². The fraction of sp³-hybridized carbons (Fsp3) is 0.333. The molecule has 4 heteroatoms. The predicted molar refractivity (Wildman–Crippen MR) is 49.6 cm³/mol. The van der Waals surface area contributed by atoms with Gasteiger partial charge in [-0.05, 0) is 6.08 Å². The van der Waals surface area contributed by atoms with E-state index in [9.17, 15) is 0 Å². The molecule has 0 aromatic heterocycles. The molecule has 52 valence electrons. The van der Waals surface area contributed by atoms with Crippen LogP contribution in [0.4, 0.5) is 0 Å². The highest BCUT2D eigenvalue weighted by molar-refractivity contribution is 14.1. The van der Waals surface area contributed by atoms with Gasteiger partial charge in [0.05, 0.1) is 3.92 Å². The van der Waals surface area contributed by atoms with Gasteiger partial charge in [-0.15, -0.1) is 0 Å². The van der Waals surface area contributed by atoms with E-state index < -0.39 is 0 Å². The summed E-state index contributed by atoms with van der Waals surface area (Å²) in [6.45, 7) is 0. The van der Waals surface area contributed by atoms with Gasteiger partial charge < -0.3 is 0 Å². The van der Waals surface area contributed by atoms with Crippen LogP contribution < -0.4 is 0 Å². The SMILES string of the molecule is IC1C=NN2C=CC=NC12. The van der Waals surface area contributed by atoms with Gasteiger partial charge in [0.1, 0.15) is 0 Å². The van der Waals surface area contributed by atoms with Crippen LogP contribution in [0.1, 0.15) is 0 Å². The number of hydrogen-bond acceptors (Lipinski definition) is 3. The number of aliphatic imine (C=N–C) groups is 1. The molecule has 10 heavy (non-hydrogen) atoms. The van der Waals surface area contributed by atoms with Crippen molar-refractivity contribution in [2.45, 2.75) is 10.1 Å². The van der Waals surface area contributed by atoms with E-state index in [-0.39, 0.29) is 6.17 Å². The van der Waals surface area contributed by atoms with Gasteiger partial charge in [0.25, 0.3) is 0 Å². The van der Waals surface area contributed by atoms with E-state index in [1.54, 1.807) is 0 Å². The Bertz CT molecular complexity index is 221. The number of hydrazone groups is 1. The molecule has 2 heterocycles. The summed E-state index contributed by atoms with van der Waals surface area (Å²) < 4.78 is 0.416. The molecule has 2 aliphatic rings. The summed E-state index contributed by atoms with van der Waals surface area (Å²) in [4.78, 5) is 4.25. The summed E-state index contributed by atoms with van der Waals surface area (Å²) in [5, 5.41) is 6.01. The maximum Gasteiger partial charge on any atom is 0.158 e. The van der Waals surface area contributed by atoms with E-state index in [1.165, 1.54) is 0 Å². The van der Waals surface area contributed by atoms with Gasteiger partial charge in [-0.25, -0.2) is 5.01 Å². The van der Waals surface area contributed by atoms with Crippen LogP contribution >= 0.6 is 22.6 Å². The molecule has 0 spiro atoms. The lowest BCUT2D eigenvalue weighted by atomic mass is 10.3. The Morgan fingerprint density at radius 3 is 3.20 bits per heavy atom. The van der Waals surface area contributed by atoms with Crippen LogP contribution in [0.15, 0.2) is 22.4 Å². The number of rotatable bonds is 0. The molecule has 0 aliphatic carbocycles. The van der Waals surface area contributed by atoms with Crippen LogP contribution in [0, 0.1) is 0 Å². The molecule has 2 atom stereocenters. The van der Waals surface area contributed by atoms with E-state index in [4.69, 9.17) is 0 Å². The second-order valence-corrected chi connectivity index (χ2v) is 3.58. The normalized spacial score (nSPS) is 35.1. The van der Waals surface area contributed by atoms with Gasteiger partial charge in [0.15, 0.2) is 6.17 Å². The van der Waals surface area contributed by atoms with Gasteiger partial charge in [-0.3, -0.25) is 4.99 Å². The van der Waals surface area contributed by atoms with Crippen LogP contribution in [0.2, 0.25) is 0 Å². The number of fused-ring (bicyclic) bond motifs is 1. The summed E-state index contributed by atoms with van der Waals surface area (Å²) in [7, 11) is 0. The topological polar surface area (TPSA) is 28.0 Å². The summed E-state index contributed by atoms with van der Waals surface area (Å²) in [6, 6.07) is 0. The Morgan fingerprint density at radius 2 is 2.40 bits per heavy atom. The molecule has 0 N–H and O–H groups in total. The lowest BCUT2D eigenvalue weighted by Gasteiger charge is -2.19. The van der Waals surface area contributed by atoms with Gasteiger partial charge >= 0.3 is 0 Å². The molecule has 0 bridgehead atoms.